The van der Waals surface area contributed by atoms with Crippen LogP contribution >= 0.6 is 0 Å². The molecule has 2 bridgehead atoms. The van der Waals surface area contributed by atoms with E-state index in [4.69, 9.17) is 15.2 Å². The maximum Gasteiger partial charge on any atom is 0.213 e. The SMILES string of the molecule is NC1OC2CCC(C2)O1. The molecule has 0 aromatic heterocycles. The summed E-state index contributed by atoms with van der Waals surface area (Å²) in [6.45, 7) is 0. The van der Waals surface area contributed by atoms with Crippen LogP contribution in [0.25, 0.3) is 0 Å². The fourth-order valence-corrected chi connectivity index (χ4v) is 1.56. The molecule has 9 heavy (non-hydrogen) atoms. The minimum Gasteiger partial charge on any atom is -0.337 e. The molecule has 2 rings (SSSR count). The van der Waals surface area contributed by atoms with Crippen LogP contribution in [-0.4, -0.2) is 18.6 Å². The van der Waals surface area contributed by atoms with Gasteiger partial charge in [0.05, 0.1) is 12.2 Å². The zero-order chi connectivity index (χ0) is 6.27. The van der Waals surface area contributed by atoms with Crippen molar-refractivity contribution in [1.82, 2.24) is 0 Å². The number of fused-ring (bicyclic) bond motifs is 2. The van der Waals surface area contributed by atoms with E-state index in [9.17, 15) is 0 Å². The van der Waals surface area contributed by atoms with Gasteiger partial charge in [-0.25, -0.2) is 0 Å². The number of ether oxygens (including phenoxy) is 2. The van der Waals surface area contributed by atoms with E-state index in [0.717, 1.165) is 19.3 Å². The molecule has 1 saturated carbocycles. The van der Waals surface area contributed by atoms with Crippen molar-refractivity contribution in [2.24, 2.45) is 5.73 Å². The topological polar surface area (TPSA) is 44.5 Å². The third-order valence-corrected chi connectivity index (χ3v) is 1.99. The van der Waals surface area contributed by atoms with Crippen molar-refractivity contribution in [1.29, 1.82) is 0 Å². The van der Waals surface area contributed by atoms with Gasteiger partial charge in [0.1, 0.15) is 0 Å². The van der Waals surface area contributed by atoms with Gasteiger partial charge in [-0.05, 0) is 12.8 Å². The van der Waals surface area contributed by atoms with Gasteiger partial charge in [-0.1, -0.05) is 0 Å². The molecule has 0 spiro atoms. The lowest BCUT2D eigenvalue weighted by molar-refractivity contribution is -0.215. The van der Waals surface area contributed by atoms with Crippen molar-refractivity contribution in [2.75, 3.05) is 0 Å². The standard InChI is InChI=1S/C6H11NO2/c7-6-8-4-1-2-5(3-4)9-6/h4-6H,1-3,7H2. The van der Waals surface area contributed by atoms with Crippen LogP contribution in [-0.2, 0) is 9.47 Å². The summed E-state index contributed by atoms with van der Waals surface area (Å²) in [5, 5.41) is 0. The second kappa shape index (κ2) is 1.94. The maximum absolute atomic E-state index is 5.41. The highest BCUT2D eigenvalue weighted by molar-refractivity contribution is 4.79. The molecule has 3 nitrogen and oxygen atoms in total. The fourth-order valence-electron chi connectivity index (χ4n) is 1.56. The normalized spacial score (nSPS) is 49.7. The zero-order valence-corrected chi connectivity index (χ0v) is 5.25. The highest BCUT2D eigenvalue weighted by Crippen LogP contribution is 2.30. The summed E-state index contributed by atoms with van der Waals surface area (Å²) in [6, 6.07) is 0. The minimum absolute atomic E-state index is 0.388. The molecule has 2 aliphatic rings. The van der Waals surface area contributed by atoms with E-state index in [2.05, 4.69) is 0 Å². The number of rotatable bonds is 0. The average Bonchev–Trinajstić information content (AvgIpc) is 2.11. The molecule has 52 valence electrons. The highest BCUT2D eigenvalue weighted by atomic mass is 16.7. The summed E-state index contributed by atoms with van der Waals surface area (Å²) in [7, 11) is 0. The first-order valence-corrected chi connectivity index (χ1v) is 3.41. The highest BCUT2D eigenvalue weighted by Gasteiger charge is 2.33. The van der Waals surface area contributed by atoms with Crippen molar-refractivity contribution in [3.8, 4) is 0 Å². The molecule has 2 atom stereocenters. The van der Waals surface area contributed by atoms with Gasteiger partial charge in [-0.3, -0.25) is 5.73 Å². The third-order valence-electron chi connectivity index (χ3n) is 1.99. The van der Waals surface area contributed by atoms with Crippen LogP contribution in [0.5, 0.6) is 0 Å². The molecule has 0 radical (unpaired) electrons. The van der Waals surface area contributed by atoms with E-state index in [-0.39, 0.29) is 0 Å². The summed E-state index contributed by atoms with van der Waals surface area (Å²) < 4.78 is 10.5. The monoisotopic (exact) mass is 129 g/mol. The molecule has 2 fully saturated rings. The van der Waals surface area contributed by atoms with Gasteiger partial charge >= 0.3 is 0 Å². The van der Waals surface area contributed by atoms with E-state index in [1.807, 2.05) is 0 Å². The Morgan fingerprint density at radius 2 is 1.67 bits per heavy atom. The Morgan fingerprint density at radius 1 is 1.11 bits per heavy atom. The van der Waals surface area contributed by atoms with E-state index < -0.39 is 6.41 Å². The van der Waals surface area contributed by atoms with Crippen molar-refractivity contribution < 1.29 is 9.47 Å². The molecule has 2 N–H and O–H groups in total. The van der Waals surface area contributed by atoms with E-state index in [1.165, 1.54) is 0 Å². The van der Waals surface area contributed by atoms with Gasteiger partial charge in [0.2, 0.25) is 6.41 Å². The Morgan fingerprint density at radius 3 is 2.22 bits per heavy atom. The second-order valence-corrected chi connectivity index (χ2v) is 2.70. The Bertz CT molecular complexity index is 106. The van der Waals surface area contributed by atoms with E-state index in [0.29, 0.717) is 12.2 Å². The molecule has 1 aliphatic carbocycles. The van der Waals surface area contributed by atoms with Crippen LogP contribution in [0.15, 0.2) is 0 Å². The maximum atomic E-state index is 5.41. The van der Waals surface area contributed by atoms with Gasteiger partial charge in [0.15, 0.2) is 0 Å². The predicted molar refractivity (Wildman–Crippen MR) is 31.6 cm³/mol. The van der Waals surface area contributed by atoms with Crippen molar-refractivity contribution in [3.05, 3.63) is 0 Å². The molecule has 0 amide bonds. The first-order chi connectivity index (χ1) is 4.34. The molecule has 3 heteroatoms. The van der Waals surface area contributed by atoms with Gasteiger partial charge < -0.3 is 9.47 Å². The van der Waals surface area contributed by atoms with Crippen LogP contribution in [0, 0.1) is 0 Å². The Kier molecular flexibility index (Phi) is 1.22. The van der Waals surface area contributed by atoms with Crippen LogP contribution in [0.3, 0.4) is 0 Å². The minimum atomic E-state index is -0.448. The van der Waals surface area contributed by atoms with Crippen molar-refractivity contribution in [2.45, 2.75) is 37.9 Å². The summed E-state index contributed by atoms with van der Waals surface area (Å²) in [5.41, 5.74) is 5.41. The number of hydrogen-bond donors (Lipinski definition) is 1. The summed E-state index contributed by atoms with van der Waals surface area (Å²) >= 11 is 0. The summed E-state index contributed by atoms with van der Waals surface area (Å²) in [6.07, 6.45) is 3.62. The Labute approximate surface area is 54.1 Å². The lowest BCUT2D eigenvalue weighted by Crippen LogP contribution is -2.38. The second-order valence-electron chi connectivity index (χ2n) is 2.70. The molecule has 1 aliphatic heterocycles. The first kappa shape index (κ1) is 5.65. The lowest BCUT2D eigenvalue weighted by Gasteiger charge is -2.25. The van der Waals surface area contributed by atoms with Crippen LogP contribution in [0.2, 0.25) is 0 Å². The van der Waals surface area contributed by atoms with Gasteiger partial charge in [0, 0.05) is 6.42 Å². The van der Waals surface area contributed by atoms with Gasteiger partial charge in [-0.2, -0.15) is 0 Å². The first-order valence-electron chi connectivity index (χ1n) is 3.41. The largest absolute Gasteiger partial charge is 0.337 e. The van der Waals surface area contributed by atoms with Crippen LogP contribution in [0.4, 0.5) is 0 Å². The Hall–Kier alpha value is -0.120. The number of nitrogens with two attached hydrogens (primary N) is 1. The van der Waals surface area contributed by atoms with E-state index >= 15 is 0 Å². The van der Waals surface area contributed by atoms with Crippen molar-refractivity contribution in [3.63, 3.8) is 0 Å². The van der Waals surface area contributed by atoms with Crippen LogP contribution in [0.1, 0.15) is 19.3 Å². The smallest absolute Gasteiger partial charge is 0.213 e. The van der Waals surface area contributed by atoms with Crippen molar-refractivity contribution >= 4 is 0 Å². The van der Waals surface area contributed by atoms with E-state index in [1.54, 1.807) is 0 Å². The molecule has 0 aromatic rings. The van der Waals surface area contributed by atoms with Crippen LogP contribution < -0.4 is 5.73 Å². The molecule has 0 aromatic carbocycles. The third kappa shape index (κ3) is 0.956. The Balaban J connectivity index is 2.03. The molecular weight excluding hydrogens is 118 g/mol. The molecule has 1 saturated heterocycles. The van der Waals surface area contributed by atoms with Gasteiger partial charge in [0.25, 0.3) is 0 Å². The number of hydrogen-bond acceptors (Lipinski definition) is 3. The lowest BCUT2D eigenvalue weighted by atomic mass is 10.3. The quantitative estimate of drug-likeness (QED) is 0.508. The molecular formula is C6H11NO2. The predicted octanol–water partition coefficient (Wildman–Crippen LogP) is 0.197. The molecule has 2 unspecified atom stereocenters. The fraction of sp³-hybridized carbons (Fsp3) is 1.00. The molecule has 1 heterocycles. The van der Waals surface area contributed by atoms with Gasteiger partial charge in [-0.15, -0.1) is 0 Å². The summed E-state index contributed by atoms with van der Waals surface area (Å²) in [5.74, 6) is 0. The average molecular weight is 129 g/mol. The zero-order valence-electron chi connectivity index (χ0n) is 5.25. The summed E-state index contributed by atoms with van der Waals surface area (Å²) in [4.78, 5) is 0.